The van der Waals surface area contributed by atoms with Crippen molar-refractivity contribution in [3.05, 3.63) is 82.7 Å². The number of aromatic nitrogens is 5. The van der Waals surface area contributed by atoms with E-state index >= 15 is 8.78 Å². The van der Waals surface area contributed by atoms with E-state index in [2.05, 4.69) is 27.6 Å². The number of nitrogens with one attached hydrogen (secondary N) is 2. The predicted molar refractivity (Wildman–Crippen MR) is 234 cm³/mol. The highest BCUT2D eigenvalue weighted by atomic mass is 19.1. The van der Waals surface area contributed by atoms with E-state index in [1.165, 1.54) is 12.1 Å². The summed E-state index contributed by atoms with van der Waals surface area (Å²) in [4.78, 5) is 80.2. The Morgan fingerprint density at radius 2 is 1.66 bits per heavy atom. The SMILES string of the molecule is Cc1cc2cc(n1)-c1cnn(C)c1OCCC[C@@H](C)Cn1c(nc3ccc(C(=O)N4CCC5(CC4)CN(C(=O)C4CN(c6cc(F)c([C@H]7CCC(=O)NC7=O)c(F)c6)C4)C5)cc31)NC2=O. The lowest BCUT2D eigenvalue weighted by Crippen LogP contribution is -2.65. The molecule has 5 aliphatic rings. The van der Waals surface area contributed by atoms with Crippen molar-refractivity contribution in [1.29, 1.82) is 0 Å². The molecule has 2 bridgehead atoms. The first-order valence-electron chi connectivity index (χ1n) is 22.3. The number of aryl methyl sites for hydroxylation is 2. The molecule has 5 aliphatic heterocycles. The third kappa shape index (κ3) is 7.85. The molecule has 3 aromatic heterocycles. The number of ether oxygens (including phenoxy) is 1. The quantitative estimate of drug-likeness (QED) is 0.228. The number of benzene rings is 2. The summed E-state index contributed by atoms with van der Waals surface area (Å²) < 4.78 is 40.2. The molecule has 65 heavy (non-hydrogen) atoms. The standard InChI is InChI=1S/C47H50F2N10O6/c1-26-5-4-14-65-45-33(20-50-55(45)3)37-16-29(15-27(2)51-37)41(61)54-46-52-36-8-6-28(17-38(36)59(46)21-26)43(63)56-12-10-47(11-13-56)24-58(25-47)44(64)30-22-57(23-30)31-18-34(48)40(35(49)19-31)32-7-9-39(60)53-42(32)62/h6,8,15-20,26,30,32H,4-5,7,9-14,21-25H2,1-3H3,(H,52,54,61)(H,53,60,62)/t26-,32-/m1/s1. The van der Waals surface area contributed by atoms with Crippen LogP contribution in [0.15, 0.2) is 48.7 Å². The molecule has 8 heterocycles. The lowest BCUT2D eigenvalue weighted by Gasteiger charge is -2.55. The Hall–Kier alpha value is -6.72. The minimum atomic E-state index is -1.07. The number of pyridine rings is 1. The average molecular weight is 889 g/mol. The first kappa shape index (κ1) is 42.2. The Balaban J connectivity index is 0.773. The lowest BCUT2D eigenvalue weighted by atomic mass is 9.71. The second-order valence-electron chi connectivity index (χ2n) is 18.6. The van der Waals surface area contributed by atoms with Crippen molar-refractivity contribution >= 4 is 52.2 Å². The molecular formula is C47H50F2N10O6. The van der Waals surface area contributed by atoms with Crippen molar-refractivity contribution in [3.8, 4) is 17.1 Å². The minimum Gasteiger partial charge on any atom is -0.477 e. The van der Waals surface area contributed by atoms with E-state index in [0.717, 1.165) is 31.2 Å². The van der Waals surface area contributed by atoms with Gasteiger partial charge in [-0.05, 0) is 87.4 Å². The van der Waals surface area contributed by atoms with E-state index in [-0.39, 0.29) is 53.4 Å². The molecule has 10 rings (SSSR count). The summed E-state index contributed by atoms with van der Waals surface area (Å²) in [6.07, 6.45) is 4.89. The molecule has 338 valence electrons. The molecule has 0 aliphatic carbocycles. The van der Waals surface area contributed by atoms with Gasteiger partial charge in [0.25, 0.3) is 11.8 Å². The van der Waals surface area contributed by atoms with Crippen molar-refractivity contribution in [3.63, 3.8) is 0 Å². The third-order valence-corrected chi connectivity index (χ3v) is 13.9. The second kappa shape index (κ2) is 16.4. The highest BCUT2D eigenvalue weighted by Crippen LogP contribution is 2.43. The third-order valence-electron chi connectivity index (χ3n) is 13.9. The van der Waals surface area contributed by atoms with Gasteiger partial charge in [-0.25, -0.2) is 18.4 Å². The zero-order chi connectivity index (χ0) is 45.3. The van der Waals surface area contributed by atoms with Gasteiger partial charge in [0.1, 0.15) is 11.6 Å². The van der Waals surface area contributed by atoms with Gasteiger partial charge in [0.05, 0.1) is 46.9 Å². The largest absolute Gasteiger partial charge is 0.477 e. The number of amides is 5. The van der Waals surface area contributed by atoms with Gasteiger partial charge < -0.3 is 24.0 Å². The number of imide groups is 1. The molecule has 0 radical (unpaired) electrons. The van der Waals surface area contributed by atoms with Crippen LogP contribution in [-0.4, -0.2) is 110 Å². The zero-order valence-corrected chi connectivity index (χ0v) is 36.5. The Kier molecular flexibility index (Phi) is 10.6. The molecule has 4 fully saturated rings. The smallest absolute Gasteiger partial charge is 0.258 e. The fraction of sp³-hybridized carbons (Fsp3) is 0.447. The fourth-order valence-corrected chi connectivity index (χ4v) is 10.2. The fourth-order valence-electron chi connectivity index (χ4n) is 10.2. The van der Waals surface area contributed by atoms with Crippen molar-refractivity contribution in [2.75, 3.05) is 56.1 Å². The van der Waals surface area contributed by atoms with Gasteiger partial charge in [0.2, 0.25) is 29.5 Å². The predicted octanol–water partition coefficient (Wildman–Crippen LogP) is 5.20. The van der Waals surface area contributed by atoms with Crippen molar-refractivity contribution < 1.29 is 37.5 Å². The maximum absolute atomic E-state index is 15.2. The van der Waals surface area contributed by atoms with Crippen molar-refractivity contribution in [2.24, 2.45) is 24.3 Å². The van der Waals surface area contributed by atoms with Crippen LogP contribution in [0.4, 0.5) is 20.4 Å². The van der Waals surface area contributed by atoms with Crippen molar-refractivity contribution in [1.82, 2.24) is 39.4 Å². The number of hydrogen-bond acceptors (Lipinski definition) is 10. The Labute approximate surface area is 373 Å². The normalized spacial score (nSPS) is 21.3. The summed E-state index contributed by atoms with van der Waals surface area (Å²) in [6.45, 7) is 7.97. The highest BCUT2D eigenvalue weighted by molar-refractivity contribution is 6.05. The molecule has 0 saturated carbocycles. The molecule has 0 unspecified atom stereocenters. The number of hydrogen-bond donors (Lipinski definition) is 2. The molecule has 5 aromatic rings. The molecule has 1 spiro atoms. The van der Waals surface area contributed by atoms with Crippen LogP contribution < -0.4 is 20.3 Å². The number of anilines is 2. The molecule has 2 N–H and O–H groups in total. The summed E-state index contributed by atoms with van der Waals surface area (Å²) in [5.74, 6) is -3.48. The average Bonchev–Trinajstić information content (AvgIpc) is 3.78. The molecule has 18 heteroatoms. The first-order valence-corrected chi connectivity index (χ1v) is 22.3. The maximum Gasteiger partial charge on any atom is 0.258 e. The minimum absolute atomic E-state index is 0.0112. The maximum atomic E-state index is 15.2. The Morgan fingerprint density at radius 3 is 2.40 bits per heavy atom. The summed E-state index contributed by atoms with van der Waals surface area (Å²) in [7, 11) is 1.82. The van der Waals surface area contributed by atoms with E-state index in [4.69, 9.17) is 9.72 Å². The molecule has 4 saturated heterocycles. The van der Waals surface area contributed by atoms with E-state index in [9.17, 15) is 24.0 Å². The van der Waals surface area contributed by atoms with Gasteiger partial charge in [-0.2, -0.15) is 5.10 Å². The topological polar surface area (TPSA) is 177 Å². The van der Waals surface area contributed by atoms with Crippen LogP contribution in [0.1, 0.15) is 83.3 Å². The number of fused-ring (bicyclic) bond motifs is 7. The van der Waals surface area contributed by atoms with Crippen LogP contribution in [0.25, 0.3) is 22.3 Å². The zero-order valence-electron chi connectivity index (χ0n) is 36.5. The number of piperidine rings is 2. The Bertz CT molecular complexity index is 2760. The van der Waals surface area contributed by atoms with E-state index in [1.807, 2.05) is 40.5 Å². The Morgan fingerprint density at radius 1 is 0.908 bits per heavy atom. The van der Waals surface area contributed by atoms with E-state index < -0.39 is 29.4 Å². The highest BCUT2D eigenvalue weighted by Gasteiger charge is 2.50. The number of nitrogens with zero attached hydrogens (tertiary/aromatic N) is 8. The van der Waals surface area contributed by atoms with Gasteiger partial charge >= 0.3 is 0 Å². The first-order chi connectivity index (χ1) is 31.2. The van der Waals surface area contributed by atoms with Crippen LogP contribution in [0.3, 0.4) is 0 Å². The molecule has 5 amide bonds. The number of halogens is 2. The van der Waals surface area contributed by atoms with Gasteiger partial charge in [-0.3, -0.25) is 39.6 Å². The number of imidazole rings is 1. The molecule has 16 nitrogen and oxygen atoms in total. The van der Waals surface area contributed by atoms with Crippen LogP contribution in [0.5, 0.6) is 5.88 Å². The van der Waals surface area contributed by atoms with E-state index in [1.54, 1.807) is 34.0 Å². The van der Waals surface area contributed by atoms with Gasteiger partial charge in [-0.1, -0.05) is 6.92 Å². The van der Waals surface area contributed by atoms with Gasteiger partial charge in [-0.15, -0.1) is 0 Å². The van der Waals surface area contributed by atoms with Crippen LogP contribution in [0, 0.1) is 35.8 Å². The van der Waals surface area contributed by atoms with Crippen molar-refractivity contribution in [2.45, 2.75) is 64.8 Å². The summed E-state index contributed by atoms with van der Waals surface area (Å²) in [5, 5.41) is 9.59. The van der Waals surface area contributed by atoms with Gasteiger partial charge in [0.15, 0.2) is 0 Å². The monoisotopic (exact) mass is 888 g/mol. The van der Waals surface area contributed by atoms with E-state index in [0.29, 0.717) is 104 Å². The molecule has 2 aromatic carbocycles. The molecular weight excluding hydrogens is 839 g/mol. The van der Waals surface area contributed by atoms with Crippen LogP contribution in [0.2, 0.25) is 0 Å². The summed E-state index contributed by atoms with van der Waals surface area (Å²) in [5.41, 5.74) is 4.21. The second-order valence-corrected chi connectivity index (χ2v) is 18.6. The van der Waals surface area contributed by atoms with Gasteiger partial charge in [0, 0.05) is 92.8 Å². The molecule has 2 atom stereocenters. The van der Waals surface area contributed by atoms with Crippen LogP contribution >= 0.6 is 0 Å². The van der Waals surface area contributed by atoms with Crippen LogP contribution in [-0.2, 0) is 28.0 Å². The number of rotatable bonds is 4. The number of carbonyl (C=O) groups excluding carboxylic acids is 5. The summed E-state index contributed by atoms with van der Waals surface area (Å²) >= 11 is 0. The summed E-state index contributed by atoms with van der Waals surface area (Å²) in [6, 6.07) is 11.3. The number of likely N-dealkylation sites (tertiary alicyclic amines) is 2. The number of carbonyl (C=O) groups is 5. The lowest BCUT2D eigenvalue weighted by molar-refractivity contribution is -0.151.